The molecule has 0 atom stereocenters. The highest BCUT2D eigenvalue weighted by Crippen LogP contribution is 2.29. The Labute approximate surface area is 222 Å². The molecule has 0 bridgehead atoms. The van der Waals surface area contributed by atoms with Crippen LogP contribution in [0.5, 0.6) is 5.75 Å². The first-order valence-electron chi connectivity index (χ1n) is 13.7. The predicted octanol–water partition coefficient (Wildman–Crippen LogP) is 8.11. The molecule has 0 unspecified atom stereocenters. The first-order valence-corrected chi connectivity index (χ1v) is 13.7. The molecule has 5 nitrogen and oxygen atoms in total. The minimum Gasteiger partial charge on any atom is -0.484 e. The van der Waals surface area contributed by atoms with Crippen LogP contribution in [0.1, 0.15) is 110 Å². The van der Waals surface area contributed by atoms with Gasteiger partial charge in [-0.1, -0.05) is 77.6 Å². The number of hydrogen-bond acceptors (Lipinski definition) is 5. The van der Waals surface area contributed by atoms with Crippen LogP contribution in [-0.2, 0) is 19.1 Å². The number of hydrogen-bond donors (Lipinski definition) is 0. The average molecular weight is 553 g/mol. The van der Waals surface area contributed by atoms with E-state index in [0.717, 1.165) is 44.9 Å². The van der Waals surface area contributed by atoms with Crippen molar-refractivity contribution in [2.45, 2.75) is 110 Å². The van der Waals surface area contributed by atoms with Crippen LogP contribution in [-0.4, -0.2) is 31.8 Å². The monoisotopic (exact) mass is 552 g/mol. The molecule has 0 radical (unpaired) electrons. The van der Waals surface area contributed by atoms with Crippen LogP contribution in [0.3, 0.4) is 0 Å². The molecular formula is C28H41F5O5. The van der Waals surface area contributed by atoms with E-state index in [2.05, 4.69) is 11.7 Å². The lowest BCUT2D eigenvalue weighted by atomic mass is 10.1. The van der Waals surface area contributed by atoms with Gasteiger partial charge in [-0.2, -0.15) is 8.78 Å². The highest BCUT2D eigenvalue weighted by Gasteiger charge is 2.27. The number of benzene rings is 1. The first kappa shape index (κ1) is 33.6. The summed E-state index contributed by atoms with van der Waals surface area (Å²) in [4.78, 5) is 23.5. The van der Waals surface area contributed by atoms with Gasteiger partial charge in [-0.05, 0) is 19.3 Å². The third-order valence-corrected chi connectivity index (χ3v) is 6.04. The number of carbonyl (C=O) groups excluding carboxylic acids is 2. The number of halogens is 5. The van der Waals surface area contributed by atoms with Crippen molar-refractivity contribution in [2.75, 3.05) is 19.8 Å². The Hall–Kier alpha value is -2.39. The Bertz CT molecular complexity index is 805. The highest BCUT2D eigenvalue weighted by molar-refractivity contribution is 5.69. The molecule has 0 saturated carbocycles. The number of esters is 2. The van der Waals surface area contributed by atoms with E-state index in [4.69, 9.17) is 9.47 Å². The Morgan fingerprint density at radius 2 is 0.895 bits per heavy atom. The van der Waals surface area contributed by atoms with Crippen LogP contribution < -0.4 is 4.74 Å². The quantitative estimate of drug-likeness (QED) is 0.0478. The molecule has 1 rings (SSSR count). The van der Waals surface area contributed by atoms with Gasteiger partial charge in [0.05, 0.1) is 6.61 Å². The van der Waals surface area contributed by atoms with Crippen molar-refractivity contribution in [3.05, 3.63) is 29.1 Å². The molecule has 0 aliphatic rings. The van der Waals surface area contributed by atoms with Crippen molar-refractivity contribution in [3.63, 3.8) is 0 Å². The molecule has 0 amide bonds. The van der Waals surface area contributed by atoms with Gasteiger partial charge in [0.15, 0.2) is 5.75 Å². The van der Waals surface area contributed by atoms with Gasteiger partial charge in [-0.25, -0.2) is 13.2 Å². The minimum atomic E-state index is -2.27. The summed E-state index contributed by atoms with van der Waals surface area (Å²) >= 11 is 0. The molecule has 10 heteroatoms. The summed E-state index contributed by atoms with van der Waals surface area (Å²) in [5, 5.41) is 0. The third-order valence-electron chi connectivity index (χ3n) is 6.04. The summed E-state index contributed by atoms with van der Waals surface area (Å²) in [6, 6.07) is 0. The van der Waals surface area contributed by atoms with Gasteiger partial charge in [0, 0.05) is 12.8 Å². The average Bonchev–Trinajstić information content (AvgIpc) is 2.90. The van der Waals surface area contributed by atoms with Gasteiger partial charge in [-0.15, -0.1) is 0 Å². The van der Waals surface area contributed by atoms with Gasteiger partial charge in [-0.3, -0.25) is 9.59 Å². The first-order chi connectivity index (χ1) is 18.3. The van der Waals surface area contributed by atoms with E-state index in [0.29, 0.717) is 19.4 Å². The van der Waals surface area contributed by atoms with E-state index in [1.54, 1.807) is 0 Å². The second kappa shape index (κ2) is 20.6. The third kappa shape index (κ3) is 14.0. The van der Waals surface area contributed by atoms with E-state index in [1.807, 2.05) is 0 Å². The highest BCUT2D eigenvalue weighted by atomic mass is 19.2. The fraction of sp³-hybridized carbons (Fsp3) is 0.714. The van der Waals surface area contributed by atoms with Gasteiger partial charge in [0.2, 0.25) is 29.1 Å². The van der Waals surface area contributed by atoms with Crippen LogP contribution in [0.15, 0.2) is 0 Å². The summed E-state index contributed by atoms with van der Waals surface area (Å²) < 4.78 is 80.9. The van der Waals surface area contributed by atoms with Crippen LogP contribution in [0.25, 0.3) is 0 Å². The Kier molecular flexibility index (Phi) is 18.2. The van der Waals surface area contributed by atoms with Crippen molar-refractivity contribution in [2.24, 2.45) is 0 Å². The van der Waals surface area contributed by atoms with E-state index in [1.165, 1.54) is 38.5 Å². The molecule has 38 heavy (non-hydrogen) atoms. The normalized spacial score (nSPS) is 11.0. The van der Waals surface area contributed by atoms with E-state index >= 15 is 0 Å². The lowest BCUT2D eigenvalue weighted by Gasteiger charge is -2.10. The smallest absolute Gasteiger partial charge is 0.305 e. The second-order valence-electron chi connectivity index (χ2n) is 9.28. The lowest BCUT2D eigenvalue weighted by molar-refractivity contribution is -0.145. The van der Waals surface area contributed by atoms with E-state index < -0.39 is 54.0 Å². The predicted molar refractivity (Wildman–Crippen MR) is 133 cm³/mol. The fourth-order valence-corrected chi connectivity index (χ4v) is 3.82. The molecule has 0 heterocycles. The van der Waals surface area contributed by atoms with Crippen molar-refractivity contribution in [1.29, 1.82) is 0 Å². The van der Waals surface area contributed by atoms with Crippen molar-refractivity contribution < 1.29 is 45.8 Å². The molecule has 1 aromatic carbocycles. The molecule has 0 fully saturated rings. The van der Waals surface area contributed by atoms with Crippen LogP contribution in [0.4, 0.5) is 22.0 Å². The summed E-state index contributed by atoms with van der Waals surface area (Å²) in [7, 11) is 0. The standard InChI is InChI=1S/C28H41F5O5/c1-2-3-4-5-6-9-12-15-18-36-21(34)16-13-10-7-8-11-14-17-22(35)37-19-20-38-28-26(32)24(30)23(29)25(31)27(28)33/h2-20H2,1H3. The topological polar surface area (TPSA) is 61.8 Å². The number of ether oxygens (including phenoxy) is 3. The maximum absolute atomic E-state index is 13.5. The van der Waals surface area contributed by atoms with Gasteiger partial charge in [0.1, 0.15) is 13.2 Å². The summed E-state index contributed by atoms with van der Waals surface area (Å²) in [5.74, 6) is -12.8. The number of unbranched alkanes of at least 4 members (excludes halogenated alkanes) is 12. The SMILES string of the molecule is CCCCCCCCCCOC(=O)CCCCCCCCC(=O)OCCOc1c(F)c(F)c(F)c(F)c1F. The summed E-state index contributed by atoms with van der Waals surface area (Å²) in [6.07, 6.45) is 15.0. The zero-order chi connectivity index (χ0) is 28.2. The van der Waals surface area contributed by atoms with Crippen LogP contribution in [0.2, 0.25) is 0 Å². The zero-order valence-corrected chi connectivity index (χ0v) is 22.4. The van der Waals surface area contributed by atoms with Crippen LogP contribution in [0, 0.1) is 29.1 Å². The minimum absolute atomic E-state index is 0.133. The van der Waals surface area contributed by atoms with Crippen molar-refractivity contribution in [1.82, 2.24) is 0 Å². The number of rotatable bonds is 22. The largest absolute Gasteiger partial charge is 0.484 e. The molecule has 1 aromatic rings. The molecule has 0 aliphatic heterocycles. The van der Waals surface area contributed by atoms with Gasteiger partial charge >= 0.3 is 11.9 Å². The van der Waals surface area contributed by atoms with Crippen molar-refractivity contribution in [3.8, 4) is 5.75 Å². The maximum Gasteiger partial charge on any atom is 0.305 e. The fourth-order valence-electron chi connectivity index (χ4n) is 3.82. The Balaban J connectivity index is 1.96. The summed E-state index contributed by atoms with van der Waals surface area (Å²) in [6.45, 7) is 1.74. The molecule has 0 aliphatic carbocycles. The summed E-state index contributed by atoms with van der Waals surface area (Å²) in [5.41, 5.74) is 0. The Morgan fingerprint density at radius 3 is 1.39 bits per heavy atom. The van der Waals surface area contributed by atoms with E-state index in [-0.39, 0.29) is 12.4 Å². The maximum atomic E-state index is 13.5. The lowest BCUT2D eigenvalue weighted by Crippen LogP contribution is -2.14. The van der Waals surface area contributed by atoms with Gasteiger partial charge in [0.25, 0.3) is 0 Å². The Morgan fingerprint density at radius 1 is 0.500 bits per heavy atom. The molecule has 0 aromatic heterocycles. The van der Waals surface area contributed by atoms with Crippen molar-refractivity contribution >= 4 is 11.9 Å². The molecule has 0 saturated heterocycles. The van der Waals surface area contributed by atoms with Gasteiger partial charge < -0.3 is 14.2 Å². The number of carbonyl (C=O) groups is 2. The second-order valence-corrected chi connectivity index (χ2v) is 9.28. The molecule has 218 valence electrons. The molecule has 0 spiro atoms. The molecular weight excluding hydrogens is 511 g/mol. The zero-order valence-electron chi connectivity index (χ0n) is 22.4. The van der Waals surface area contributed by atoms with E-state index in [9.17, 15) is 31.5 Å². The molecule has 0 N–H and O–H groups in total. The van der Waals surface area contributed by atoms with Crippen LogP contribution >= 0.6 is 0 Å².